The van der Waals surface area contributed by atoms with Gasteiger partial charge >= 0.3 is 8.25 Å². The Morgan fingerprint density at radius 2 is 1.83 bits per heavy atom. The molecule has 0 aliphatic rings. The number of ether oxygens (including phenoxy) is 1. The van der Waals surface area contributed by atoms with E-state index in [1.807, 2.05) is 0 Å². The summed E-state index contributed by atoms with van der Waals surface area (Å²) in [5.41, 5.74) is 0. The average molecular weight is 257 g/mol. The van der Waals surface area contributed by atoms with Gasteiger partial charge in [0, 0.05) is 14.2 Å². The zero-order chi connectivity index (χ0) is 9.78. The fourth-order valence-corrected chi connectivity index (χ4v) is 1.55. The van der Waals surface area contributed by atoms with Gasteiger partial charge in [-0.3, -0.25) is 9.09 Å². The molecule has 0 saturated heterocycles. The number of halogens is 3. The molecule has 0 saturated carbocycles. The molecule has 0 radical (unpaired) electrons. The van der Waals surface area contributed by atoms with E-state index in [1.165, 1.54) is 14.2 Å². The third-order valence-corrected chi connectivity index (χ3v) is 2.13. The first-order valence-corrected chi connectivity index (χ1v) is 5.11. The SMILES string of the molecule is COC(O[PH](=O)OC)C(Cl)(Cl)Cl. The Hall–Kier alpha value is 0.980. The van der Waals surface area contributed by atoms with Crippen molar-refractivity contribution in [3.05, 3.63) is 0 Å². The van der Waals surface area contributed by atoms with Crippen molar-refractivity contribution in [3.63, 3.8) is 0 Å². The Bertz CT molecular complexity index is 159. The van der Waals surface area contributed by atoms with Crippen LogP contribution in [0.3, 0.4) is 0 Å². The van der Waals surface area contributed by atoms with Crippen LogP contribution in [0.4, 0.5) is 0 Å². The monoisotopic (exact) mass is 256 g/mol. The lowest BCUT2D eigenvalue weighted by molar-refractivity contribution is -0.0519. The summed E-state index contributed by atoms with van der Waals surface area (Å²) in [5.74, 6) is 0. The van der Waals surface area contributed by atoms with Crippen molar-refractivity contribution in [2.75, 3.05) is 14.2 Å². The Morgan fingerprint density at radius 1 is 1.33 bits per heavy atom. The summed E-state index contributed by atoms with van der Waals surface area (Å²) in [4.78, 5) is 0. The number of rotatable bonds is 4. The van der Waals surface area contributed by atoms with E-state index < -0.39 is 18.3 Å². The number of hydrogen-bond acceptors (Lipinski definition) is 4. The Morgan fingerprint density at radius 3 is 2.08 bits per heavy atom. The van der Waals surface area contributed by atoms with E-state index in [4.69, 9.17) is 34.8 Å². The second kappa shape index (κ2) is 5.66. The molecule has 0 aliphatic heterocycles. The zero-order valence-corrected chi connectivity index (χ0v) is 9.61. The summed E-state index contributed by atoms with van der Waals surface area (Å²) < 4.78 is 22.5. The van der Waals surface area contributed by atoms with Crippen molar-refractivity contribution < 1.29 is 18.3 Å². The zero-order valence-electron chi connectivity index (χ0n) is 6.34. The summed E-state index contributed by atoms with van der Waals surface area (Å²) >= 11 is 16.2. The molecule has 0 aromatic heterocycles. The number of hydrogen-bond donors (Lipinski definition) is 0. The smallest absolute Gasteiger partial charge is 0.321 e. The van der Waals surface area contributed by atoms with E-state index in [9.17, 15) is 4.57 Å². The molecule has 8 heteroatoms. The second-order valence-corrected chi connectivity index (χ2v) is 5.19. The molecule has 0 N–H and O–H groups in total. The average Bonchev–Trinajstić information content (AvgIpc) is 1.97. The molecular weight excluding hydrogens is 249 g/mol. The van der Waals surface area contributed by atoms with E-state index in [0.717, 1.165) is 0 Å². The highest BCUT2D eigenvalue weighted by Gasteiger charge is 2.35. The summed E-state index contributed by atoms with van der Waals surface area (Å²) in [5, 5.41) is 0. The van der Waals surface area contributed by atoms with Crippen LogP contribution >= 0.6 is 43.1 Å². The first kappa shape index (κ1) is 13.0. The molecule has 2 unspecified atom stereocenters. The predicted octanol–water partition coefficient (Wildman–Crippen LogP) is 2.38. The molecule has 0 rings (SSSR count). The summed E-state index contributed by atoms with van der Waals surface area (Å²) in [7, 11) is -0.175. The van der Waals surface area contributed by atoms with Crippen LogP contribution in [0, 0.1) is 0 Å². The van der Waals surface area contributed by atoms with Crippen molar-refractivity contribution in [3.8, 4) is 0 Å². The van der Waals surface area contributed by atoms with Crippen LogP contribution in [0.5, 0.6) is 0 Å². The largest absolute Gasteiger partial charge is 0.352 e. The standard InChI is InChI=1S/C4H8Cl3O4P/c1-9-3(4(5,6)7)11-12(8)10-2/h3,12H,1-2H3. The van der Waals surface area contributed by atoms with Crippen molar-refractivity contribution in [2.45, 2.75) is 10.1 Å². The van der Waals surface area contributed by atoms with Crippen LogP contribution < -0.4 is 0 Å². The van der Waals surface area contributed by atoms with Crippen molar-refractivity contribution in [2.24, 2.45) is 0 Å². The van der Waals surface area contributed by atoms with E-state index in [-0.39, 0.29) is 0 Å². The molecule has 0 spiro atoms. The fourth-order valence-electron chi connectivity index (χ4n) is 0.384. The molecule has 0 aliphatic carbocycles. The van der Waals surface area contributed by atoms with Crippen LogP contribution in [0.15, 0.2) is 0 Å². The highest BCUT2D eigenvalue weighted by molar-refractivity contribution is 7.33. The number of alkyl halides is 3. The van der Waals surface area contributed by atoms with Gasteiger partial charge in [-0.2, -0.15) is 0 Å². The van der Waals surface area contributed by atoms with E-state index in [0.29, 0.717) is 0 Å². The van der Waals surface area contributed by atoms with Crippen molar-refractivity contribution >= 4 is 43.1 Å². The maximum atomic E-state index is 10.7. The van der Waals surface area contributed by atoms with Crippen LogP contribution in [0.2, 0.25) is 0 Å². The van der Waals surface area contributed by atoms with Gasteiger partial charge in [0.2, 0.25) is 10.1 Å². The molecule has 4 nitrogen and oxygen atoms in total. The molecule has 2 atom stereocenters. The highest BCUT2D eigenvalue weighted by Crippen LogP contribution is 2.38. The van der Waals surface area contributed by atoms with Gasteiger partial charge in [-0.15, -0.1) is 0 Å². The van der Waals surface area contributed by atoms with Crippen LogP contribution in [0.1, 0.15) is 0 Å². The van der Waals surface area contributed by atoms with E-state index in [2.05, 4.69) is 13.8 Å². The maximum Gasteiger partial charge on any atom is 0.321 e. The van der Waals surface area contributed by atoms with E-state index >= 15 is 0 Å². The lowest BCUT2D eigenvalue weighted by Gasteiger charge is -2.21. The highest BCUT2D eigenvalue weighted by atomic mass is 35.6. The predicted molar refractivity (Wildman–Crippen MR) is 48.2 cm³/mol. The third kappa shape index (κ3) is 4.87. The first-order chi connectivity index (χ1) is 5.41. The van der Waals surface area contributed by atoms with Gasteiger partial charge in [0.1, 0.15) is 0 Å². The van der Waals surface area contributed by atoms with Crippen molar-refractivity contribution in [1.29, 1.82) is 0 Å². The molecule has 0 heterocycles. The van der Waals surface area contributed by atoms with Gasteiger partial charge in [-0.1, -0.05) is 34.8 Å². The van der Waals surface area contributed by atoms with Gasteiger partial charge in [0.25, 0.3) is 0 Å². The minimum atomic E-state index is -2.65. The lowest BCUT2D eigenvalue weighted by Crippen LogP contribution is -2.28. The van der Waals surface area contributed by atoms with Gasteiger partial charge < -0.3 is 9.26 Å². The molecule has 0 amide bonds. The number of methoxy groups -OCH3 is 1. The third-order valence-electron chi connectivity index (χ3n) is 0.851. The van der Waals surface area contributed by atoms with Gasteiger partial charge in [0.05, 0.1) is 0 Å². The van der Waals surface area contributed by atoms with Gasteiger partial charge in [-0.25, -0.2) is 0 Å². The normalized spacial score (nSPS) is 17.4. The summed E-state index contributed by atoms with van der Waals surface area (Å²) in [6.45, 7) is 0. The second-order valence-electron chi connectivity index (χ2n) is 1.68. The Balaban J connectivity index is 4.09. The van der Waals surface area contributed by atoms with Crippen LogP contribution in [-0.4, -0.2) is 24.3 Å². The van der Waals surface area contributed by atoms with E-state index in [1.54, 1.807) is 0 Å². The lowest BCUT2D eigenvalue weighted by atomic mass is 10.7. The Kier molecular flexibility index (Phi) is 6.12. The first-order valence-electron chi connectivity index (χ1n) is 2.76. The summed E-state index contributed by atoms with van der Waals surface area (Å²) in [6, 6.07) is 0. The summed E-state index contributed by atoms with van der Waals surface area (Å²) in [6.07, 6.45) is -1.20. The van der Waals surface area contributed by atoms with Gasteiger partial charge in [0.15, 0.2) is 0 Å². The fraction of sp³-hybridized carbons (Fsp3) is 1.00. The minimum absolute atomic E-state index is 1.20. The molecule has 0 aromatic carbocycles. The molecular formula is C4H8Cl3O4P. The maximum absolute atomic E-state index is 10.7. The topological polar surface area (TPSA) is 44.8 Å². The van der Waals surface area contributed by atoms with Crippen LogP contribution in [-0.2, 0) is 18.3 Å². The Labute approximate surface area is 86.0 Å². The molecule has 0 bridgehead atoms. The molecule has 0 fully saturated rings. The van der Waals surface area contributed by atoms with Gasteiger partial charge in [-0.05, 0) is 0 Å². The molecule has 12 heavy (non-hydrogen) atoms. The van der Waals surface area contributed by atoms with Crippen molar-refractivity contribution in [1.82, 2.24) is 0 Å². The molecule has 0 aromatic rings. The molecule has 74 valence electrons. The minimum Gasteiger partial charge on any atom is -0.352 e. The van der Waals surface area contributed by atoms with Crippen LogP contribution in [0.25, 0.3) is 0 Å². The quantitative estimate of drug-likeness (QED) is 0.441.